The number of ether oxygens (including phenoxy) is 2. The van der Waals surface area contributed by atoms with Crippen LogP contribution >= 0.6 is 11.3 Å². The summed E-state index contributed by atoms with van der Waals surface area (Å²) in [6.45, 7) is 4.62. The minimum Gasteiger partial charge on any atom is -0.483 e. The summed E-state index contributed by atoms with van der Waals surface area (Å²) < 4.78 is 13.8. The van der Waals surface area contributed by atoms with E-state index in [0.29, 0.717) is 6.61 Å². The van der Waals surface area contributed by atoms with Crippen molar-refractivity contribution in [3.63, 3.8) is 0 Å². The van der Waals surface area contributed by atoms with E-state index >= 15 is 0 Å². The van der Waals surface area contributed by atoms with Crippen LogP contribution in [0, 0.1) is 0 Å². The SMILES string of the molecule is Cn1cc(-c2nc(COc3cccc4c3OC(C)(C)C4)cs2)cn1. The molecule has 3 aromatic rings. The molecular weight excluding hydrogens is 322 g/mol. The first kappa shape index (κ1) is 15.2. The highest BCUT2D eigenvalue weighted by molar-refractivity contribution is 7.13. The Labute approximate surface area is 144 Å². The molecule has 1 aliphatic rings. The Hall–Kier alpha value is -2.34. The van der Waals surface area contributed by atoms with E-state index in [1.54, 1.807) is 16.0 Å². The summed E-state index contributed by atoms with van der Waals surface area (Å²) in [5.74, 6) is 1.65. The van der Waals surface area contributed by atoms with Crippen molar-refractivity contribution in [1.29, 1.82) is 0 Å². The van der Waals surface area contributed by atoms with E-state index in [-0.39, 0.29) is 5.60 Å². The topological polar surface area (TPSA) is 49.2 Å². The highest BCUT2D eigenvalue weighted by Gasteiger charge is 2.32. The number of thiazole rings is 1. The monoisotopic (exact) mass is 341 g/mol. The molecule has 0 radical (unpaired) electrons. The van der Waals surface area contributed by atoms with Gasteiger partial charge in [0.15, 0.2) is 11.5 Å². The second-order valence-corrected chi connectivity index (χ2v) is 7.48. The van der Waals surface area contributed by atoms with Crippen LogP contribution < -0.4 is 9.47 Å². The van der Waals surface area contributed by atoms with Crippen LogP contribution in [0.2, 0.25) is 0 Å². The highest BCUT2D eigenvalue weighted by atomic mass is 32.1. The summed E-state index contributed by atoms with van der Waals surface area (Å²) in [5.41, 5.74) is 2.97. The van der Waals surface area contributed by atoms with Crippen molar-refractivity contribution >= 4 is 11.3 Å². The van der Waals surface area contributed by atoms with Crippen molar-refractivity contribution < 1.29 is 9.47 Å². The van der Waals surface area contributed by atoms with E-state index < -0.39 is 0 Å². The van der Waals surface area contributed by atoms with Gasteiger partial charge in [0.1, 0.15) is 17.2 Å². The minimum atomic E-state index is -0.171. The lowest BCUT2D eigenvalue weighted by Gasteiger charge is -2.18. The van der Waals surface area contributed by atoms with E-state index in [9.17, 15) is 0 Å². The minimum absolute atomic E-state index is 0.171. The molecule has 4 rings (SSSR count). The lowest BCUT2D eigenvalue weighted by atomic mass is 10.0. The van der Waals surface area contributed by atoms with Crippen molar-refractivity contribution in [2.75, 3.05) is 0 Å². The van der Waals surface area contributed by atoms with Gasteiger partial charge >= 0.3 is 0 Å². The average molecular weight is 341 g/mol. The first-order chi connectivity index (χ1) is 11.5. The zero-order chi connectivity index (χ0) is 16.7. The van der Waals surface area contributed by atoms with Gasteiger partial charge in [-0.05, 0) is 19.9 Å². The summed E-state index contributed by atoms with van der Waals surface area (Å²) in [6, 6.07) is 6.07. The molecule has 0 N–H and O–H groups in total. The zero-order valence-corrected chi connectivity index (χ0v) is 14.8. The molecule has 0 aliphatic carbocycles. The smallest absolute Gasteiger partial charge is 0.165 e. The van der Waals surface area contributed by atoms with Gasteiger partial charge in [-0.3, -0.25) is 4.68 Å². The second-order valence-electron chi connectivity index (χ2n) is 6.62. The molecule has 2 aromatic heterocycles. The number of benzene rings is 1. The molecule has 3 heterocycles. The molecule has 0 amide bonds. The molecule has 5 nitrogen and oxygen atoms in total. The maximum absolute atomic E-state index is 6.04. The van der Waals surface area contributed by atoms with Crippen LogP contribution in [0.5, 0.6) is 11.5 Å². The lowest BCUT2D eigenvalue weighted by Crippen LogP contribution is -2.24. The Kier molecular flexibility index (Phi) is 3.57. The third-order valence-electron chi connectivity index (χ3n) is 3.93. The highest BCUT2D eigenvalue weighted by Crippen LogP contribution is 2.42. The molecule has 1 aliphatic heterocycles. The van der Waals surface area contributed by atoms with E-state index in [1.807, 2.05) is 37.0 Å². The normalized spacial score (nSPS) is 15.1. The van der Waals surface area contributed by atoms with Gasteiger partial charge in [-0.25, -0.2) is 4.98 Å². The Morgan fingerprint density at radius 3 is 3.04 bits per heavy atom. The number of aromatic nitrogens is 3. The number of hydrogen-bond acceptors (Lipinski definition) is 5. The van der Waals surface area contributed by atoms with Crippen LogP contribution in [0.15, 0.2) is 36.0 Å². The van der Waals surface area contributed by atoms with Gasteiger partial charge in [-0.1, -0.05) is 12.1 Å². The van der Waals surface area contributed by atoms with E-state index in [0.717, 1.165) is 34.2 Å². The summed E-state index contributed by atoms with van der Waals surface area (Å²) in [7, 11) is 1.90. The first-order valence-corrected chi connectivity index (χ1v) is 8.75. The van der Waals surface area contributed by atoms with Gasteiger partial charge < -0.3 is 9.47 Å². The molecule has 0 unspecified atom stereocenters. The molecule has 0 saturated heterocycles. The van der Waals surface area contributed by atoms with Crippen LogP contribution in [0.25, 0.3) is 10.6 Å². The number of fused-ring (bicyclic) bond motifs is 1. The molecule has 6 heteroatoms. The van der Waals surface area contributed by atoms with E-state index in [4.69, 9.17) is 9.47 Å². The van der Waals surface area contributed by atoms with Gasteiger partial charge in [0.05, 0.1) is 11.9 Å². The van der Waals surface area contributed by atoms with Crippen LogP contribution in [0.3, 0.4) is 0 Å². The van der Waals surface area contributed by atoms with Crippen molar-refractivity contribution in [3.05, 3.63) is 47.2 Å². The molecule has 0 saturated carbocycles. The van der Waals surface area contributed by atoms with Crippen LogP contribution in [0.4, 0.5) is 0 Å². The Bertz CT molecular complexity index is 882. The van der Waals surface area contributed by atoms with E-state index in [2.05, 4.69) is 30.0 Å². The quantitative estimate of drug-likeness (QED) is 0.723. The van der Waals surface area contributed by atoms with Crippen molar-refractivity contribution in [3.8, 4) is 22.1 Å². The van der Waals surface area contributed by atoms with E-state index in [1.165, 1.54) is 5.56 Å². The molecule has 24 heavy (non-hydrogen) atoms. The predicted octanol–water partition coefficient (Wildman–Crippen LogP) is 3.84. The molecule has 0 fully saturated rings. The standard InChI is InChI=1S/C18H19N3O2S/c1-18(2)7-12-5-4-6-15(16(12)23-18)22-10-14-11-24-17(20-14)13-8-19-21(3)9-13/h4-6,8-9,11H,7,10H2,1-3H3. The van der Waals surface area contributed by atoms with Crippen LogP contribution in [-0.4, -0.2) is 20.4 Å². The predicted molar refractivity (Wildman–Crippen MR) is 93.5 cm³/mol. The maximum atomic E-state index is 6.04. The number of hydrogen-bond donors (Lipinski definition) is 0. The molecule has 124 valence electrons. The molecule has 0 bridgehead atoms. The lowest BCUT2D eigenvalue weighted by molar-refractivity contribution is 0.131. The third-order valence-corrected chi connectivity index (χ3v) is 4.87. The van der Waals surface area contributed by atoms with Crippen LogP contribution in [0.1, 0.15) is 25.1 Å². The largest absolute Gasteiger partial charge is 0.483 e. The average Bonchev–Trinajstić information content (AvgIpc) is 3.21. The number of rotatable bonds is 4. The molecule has 1 aromatic carbocycles. The second kappa shape index (κ2) is 5.63. The fraction of sp³-hybridized carbons (Fsp3) is 0.333. The maximum Gasteiger partial charge on any atom is 0.165 e. The fourth-order valence-electron chi connectivity index (χ4n) is 2.89. The van der Waals surface area contributed by atoms with Gasteiger partial charge in [0.25, 0.3) is 0 Å². The number of para-hydroxylation sites is 1. The number of aryl methyl sites for hydroxylation is 1. The van der Waals surface area contributed by atoms with Gasteiger partial charge in [0, 0.05) is 36.2 Å². The first-order valence-electron chi connectivity index (χ1n) is 7.87. The van der Waals surface area contributed by atoms with Gasteiger partial charge in [-0.15, -0.1) is 11.3 Å². The van der Waals surface area contributed by atoms with Crippen LogP contribution in [-0.2, 0) is 20.1 Å². The van der Waals surface area contributed by atoms with Crippen molar-refractivity contribution in [2.45, 2.75) is 32.5 Å². The summed E-state index contributed by atoms with van der Waals surface area (Å²) in [6.07, 6.45) is 4.69. The Morgan fingerprint density at radius 2 is 2.25 bits per heavy atom. The molecular formula is C18H19N3O2S. The molecule has 0 atom stereocenters. The van der Waals surface area contributed by atoms with Gasteiger partial charge in [0.2, 0.25) is 0 Å². The summed E-state index contributed by atoms with van der Waals surface area (Å²) >= 11 is 1.60. The third kappa shape index (κ3) is 2.89. The van der Waals surface area contributed by atoms with Crippen molar-refractivity contribution in [1.82, 2.24) is 14.8 Å². The Morgan fingerprint density at radius 1 is 1.38 bits per heavy atom. The van der Waals surface area contributed by atoms with Crippen molar-refractivity contribution in [2.24, 2.45) is 7.05 Å². The zero-order valence-electron chi connectivity index (χ0n) is 13.9. The van der Waals surface area contributed by atoms with Gasteiger partial charge in [-0.2, -0.15) is 5.10 Å². The molecule has 0 spiro atoms. The number of nitrogens with zero attached hydrogens (tertiary/aromatic N) is 3. The fourth-order valence-corrected chi connectivity index (χ4v) is 3.67. The summed E-state index contributed by atoms with van der Waals surface area (Å²) in [4.78, 5) is 4.63. The summed E-state index contributed by atoms with van der Waals surface area (Å²) in [5, 5.41) is 7.16. The Balaban J connectivity index is 1.49.